The summed E-state index contributed by atoms with van der Waals surface area (Å²) >= 11 is 0. The lowest BCUT2D eigenvalue weighted by Gasteiger charge is -2.50. The fourth-order valence-corrected chi connectivity index (χ4v) is 3.36. The highest BCUT2D eigenvalue weighted by Crippen LogP contribution is 2.34. The molecule has 1 spiro atoms. The van der Waals surface area contributed by atoms with Gasteiger partial charge in [-0.1, -0.05) is 6.92 Å². The molecule has 24 heavy (non-hydrogen) atoms. The quantitative estimate of drug-likeness (QED) is 0.775. The third kappa shape index (κ3) is 4.21. The number of carbonyl (C=O) groups excluding carboxylic acids is 2. The Bertz CT molecular complexity index is 476. The number of likely N-dealkylation sites (tertiary alicyclic amines) is 1. The van der Waals surface area contributed by atoms with Crippen molar-refractivity contribution in [2.24, 2.45) is 0 Å². The van der Waals surface area contributed by atoms with Gasteiger partial charge in [-0.3, -0.25) is 4.79 Å². The topological polar surface area (TPSA) is 59.1 Å². The van der Waals surface area contributed by atoms with E-state index < -0.39 is 5.60 Å². The number of nitrogens with zero attached hydrogens (tertiary/aromatic N) is 2. The van der Waals surface area contributed by atoms with E-state index in [2.05, 4.69) is 0 Å². The molecule has 0 aliphatic carbocycles. The minimum atomic E-state index is -0.484. The van der Waals surface area contributed by atoms with Crippen LogP contribution < -0.4 is 0 Å². The van der Waals surface area contributed by atoms with Gasteiger partial charge >= 0.3 is 6.09 Å². The number of amides is 2. The summed E-state index contributed by atoms with van der Waals surface area (Å²) in [5, 5.41) is 0. The zero-order chi connectivity index (χ0) is 18.1. The molecule has 2 aliphatic heterocycles. The molecule has 1 unspecified atom stereocenters. The third-order valence-electron chi connectivity index (χ3n) is 4.73. The van der Waals surface area contributed by atoms with E-state index in [1.54, 1.807) is 4.90 Å². The zero-order valence-electron chi connectivity index (χ0n) is 15.9. The van der Waals surface area contributed by atoms with Crippen molar-refractivity contribution in [3.8, 4) is 0 Å². The molecule has 0 aromatic carbocycles. The maximum atomic E-state index is 12.5. The lowest BCUT2D eigenvalue weighted by Crippen LogP contribution is -2.63. The highest BCUT2D eigenvalue weighted by atomic mass is 16.6. The van der Waals surface area contributed by atoms with Gasteiger partial charge in [-0.2, -0.15) is 0 Å². The molecule has 0 bridgehead atoms. The molecule has 0 N–H and O–H groups in total. The minimum absolute atomic E-state index is 0.0905. The smallest absolute Gasteiger partial charge is 0.410 e. The van der Waals surface area contributed by atoms with E-state index >= 15 is 0 Å². The van der Waals surface area contributed by atoms with Crippen LogP contribution in [0.1, 0.15) is 60.8 Å². The van der Waals surface area contributed by atoms with Crippen molar-refractivity contribution in [2.75, 3.05) is 19.6 Å². The number of hydrogen-bond acceptors (Lipinski definition) is 4. The van der Waals surface area contributed by atoms with E-state index in [1.165, 1.54) is 0 Å². The van der Waals surface area contributed by atoms with Crippen LogP contribution in [0.15, 0.2) is 0 Å². The molecule has 2 amide bonds. The van der Waals surface area contributed by atoms with Gasteiger partial charge in [0.05, 0.1) is 12.1 Å². The van der Waals surface area contributed by atoms with Crippen LogP contribution in [-0.2, 0) is 14.3 Å². The van der Waals surface area contributed by atoms with Gasteiger partial charge in [0.2, 0.25) is 0 Å². The van der Waals surface area contributed by atoms with Crippen LogP contribution in [-0.4, -0.2) is 64.8 Å². The molecule has 0 radical (unpaired) electrons. The first kappa shape index (κ1) is 19.0. The SMILES string of the molecule is CCC1OC2(CCN(C(=O)OC(C)(C)C)CC2)CN(C(C)C)C1=O. The van der Waals surface area contributed by atoms with Gasteiger partial charge in [-0.25, -0.2) is 4.79 Å². The average molecular weight is 340 g/mol. The molecular weight excluding hydrogens is 308 g/mol. The Morgan fingerprint density at radius 1 is 1.33 bits per heavy atom. The molecule has 138 valence electrons. The van der Waals surface area contributed by atoms with E-state index in [-0.39, 0.29) is 29.7 Å². The third-order valence-corrected chi connectivity index (χ3v) is 4.73. The highest BCUT2D eigenvalue weighted by molar-refractivity contribution is 5.82. The van der Waals surface area contributed by atoms with E-state index in [0.717, 1.165) is 12.8 Å². The second-order valence-corrected chi connectivity index (χ2v) is 8.23. The number of piperidine rings is 1. The minimum Gasteiger partial charge on any atom is -0.444 e. The fourth-order valence-electron chi connectivity index (χ4n) is 3.36. The summed E-state index contributed by atoms with van der Waals surface area (Å²) < 4.78 is 11.7. The molecule has 0 saturated carbocycles. The van der Waals surface area contributed by atoms with Gasteiger partial charge in [-0.05, 0) is 53.9 Å². The van der Waals surface area contributed by atoms with Crippen molar-refractivity contribution in [3.63, 3.8) is 0 Å². The Kier molecular flexibility index (Phi) is 5.47. The highest BCUT2D eigenvalue weighted by Gasteiger charge is 2.47. The van der Waals surface area contributed by atoms with E-state index in [0.29, 0.717) is 26.1 Å². The molecule has 1 atom stereocenters. The van der Waals surface area contributed by atoms with E-state index in [4.69, 9.17) is 9.47 Å². The summed E-state index contributed by atoms with van der Waals surface area (Å²) in [6, 6.07) is 0.163. The standard InChI is InChI=1S/C18H32N2O4/c1-7-14-15(21)20(13(2)3)12-18(23-14)8-10-19(11-9-18)16(22)24-17(4,5)6/h13-14H,7-12H2,1-6H3. The molecule has 2 heterocycles. The van der Waals surface area contributed by atoms with Gasteiger partial charge in [0.15, 0.2) is 0 Å². The summed E-state index contributed by atoms with van der Waals surface area (Å²) in [4.78, 5) is 28.4. The first-order chi connectivity index (χ1) is 11.1. The summed E-state index contributed by atoms with van der Waals surface area (Å²) in [6.45, 7) is 13.5. The van der Waals surface area contributed by atoms with Crippen molar-refractivity contribution in [1.82, 2.24) is 9.80 Å². The van der Waals surface area contributed by atoms with Gasteiger partial charge in [0.25, 0.3) is 5.91 Å². The Labute approximate surface area is 145 Å². The normalized spacial score (nSPS) is 24.6. The molecule has 2 saturated heterocycles. The molecule has 6 nitrogen and oxygen atoms in total. The Morgan fingerprint density at radius 2 is 1.92 bits per heavy atom. The van der Waals surface area contributed by atoms with Gasteiger partial charge in [-0.15, -0.1) is 0 Å². The maximum absolute atomic E-state index is 12.5. The lowest BCUT2D eigenvalue weighted by molar-refractivity contribution is -0.195. The first-order valence-electron chi connectivity index (χ1n) is 9.03. The van der Waals surface area contributed by atoms with Gasteiger partial charge in [0, 0.05) is 19.1 Å². The van der Waals surface area contributed by atoms with E-state index in [9.17, 15) is 9.59 Å². The molecule has 6 heteroatoms. The van der Waals surface area contributed by atoms with Crippen LogP contribution in [0.25, 0.3) is 0 Å². The van der Waals surface area contributed by atoms with Crippen LogP contribution >= 0.6 is 0 Å². The largest absolute Gasteiger partial charge is 0.444 e. The molecule has 0 aromatic rings. The Hall–Kier alpha value is -1.30. The molecule has 2 fully saturated rings. The first-order valence-corrected chi connectivity index (χ1v) is 9.03. The molecular formula is C18H32N2O4. The van der Waals surface area contributed by atoms with Gasteiger partial charge < -0.3 is 19.3 Å². The molecule has 2 aliphatic rings. The van der Waals surface area contributed by atoms with Crippen LogP contribution in [0.4, 0.5) is 4.79 Å². The van der Waals surface area contributed by atoms with Crippen LogP contribution in [0.3, 0.4) is 0 Å². The summed E-state index contributed by atoms with van der Waals surface area (Å²) in [7, 11) is 0. The van der Waals surface area contributed by atoms with Crippen molar-refractivity contribution in [3.05, 3.63) is 0 Å². The number of morpholine rings is 1. The second-order valence-electron chi connectivity index (χ2n) is 8.23. The summed E-state index contributed by atoms with van der Waals surface area (Å²) in [5.41, 5.74) is -0.820. The number of hydrogen-bond donors (Lipinski definition) is 0. The van der Waals surface area contributed by atoms with Crippen molar-refractivity contribution in [1.29, 1.82) is 0 Å². The maximum Gasteiger partial charge on any atom is 0.410 e. The fraction of sp³-hybridized carbons (Fsp3) is 0.889. The van der Waals surface area contributed by atoms with Crippen molar-refractivity contribution < 1.29 is 19.1 Å². The van der Waals surface area contributed by atoms with Gasteiger partial charge in [0.1, 0.15) is 11.7 Å². The lowest BCUT2D eigenvalue weighted by atomic mass is 9.87. The second kappa shape index (κ2) is 6.90. The predicted octanol–water partition coefficient (Wildman–Crippen LogP) is 2.80. The average Bonchev–Trinajstić information content (AvgIpc) is 2.48. The Morgan fingerprint density at radius 3 is 2.38 bits per heavy atom. The predicted molar refractivity (Wildman–Crippen MR) is 91.8 cm³/mol. The number of ether oxygens (including phenoxy) is 2. The number of carbonyl (C=O) groups is 2. The molecule has 2 rings (SSSR count). The van der Waals surface area contributed by atoms with Crippen LogP contribution in [0, 0.1) is 0 Å². The van der Waals surface area contributed by atoms with Crippen LogP contribution in [0.5, 0.6) is 0 Å². The molecule has 0 aromatic heterocycles. The van der Waals surface area contributed by atoms with Crippen LogP contribution in [0.2, 0.25) is 0 Å². The number of rotatable bonds is 2. The summed E-state index contributed by atoms with van der Waals surface area (Å²) in [6.07, 6.45) is 1.52. The summed E-state index contributed by atoms with van der Waals surface area (Å²) in [5.74, 6) is 0.0905. The van der Waals surface area contributed by atoms with Crippen molar-refractivity contribution in [2.45, 2.75) is 84.2 Å². The zero-order valence-corrected chi connectivity index (χ0v) is 15.9. The Balaban J connectivity index is 2.03. The van der Waals surface area contributed by atoms with Crippen molar-refractivity contribution >= 4 is 12.0 Å². The van der Waals surface area contributed by atoms with E-state index in [1.807, 2.05) is 46.4 Å². The monoisotopic (exact) mass is 340 g/mol.